The fourth-order valence-corrected chi connectivity index (χ4v) is 3.74. The first-order valence-electron chi connectivity index (χ1n) is 10.8. The van der Waals surface area contributed by atoms with Gasteiger partial charge < -0.3 is 19.1 Å². The SMILES string of the molecule is CCOc1ccc(C(=O)N2CCN(c3ccc(-c4noc(C5CC5)n4)cn3)CC2)cc1. The van der Waals surface area contributed by atoms with Crippen molar-refractivity contribution in [3.8, 4) is 17.1 Å². The summed E-state index contributed by atoms with van der Waals surface area (Å²) in [5.41, 5.74) is 1.54. The maximum absolute atomic E-state index is 12.8. The summed E-state index contributed by atoms with van der Waals surface area (Å²) in [5, 5.41) is 4.07. The largest absolute Gasteiger partial charge is 0.494 e. The van der Waals surface area contributed by atoms with Crippen LogP contribution in [0.15, 0.2) is 47.1 Å². The van der Waals surface area contributed by atoms with E-state index in [0.29, 0.717) is 37.0 Å². The lowest BCUT2D eigenvalue weighted by molar-refractivity contribution is 0.0746. The molecule has 5 rings (SSSR count). The summed E-state index contributed by atoms with van der Waals surface area (Å²) in [7, 11) is 0. The Balaban J connectivity index is 1.18. The predicted molar refractivity (Wildman–Crippen MR) is 115 cm³/mol. The van der Waals surface area contributed by atoms with Crippen molar-refractivity contribution < 1.29 is 14.1 Å². The zero-order valence-corrected chi connectivity index (χ0v) is 17.5. The van der Waals surface area contributed by atoms with Crippen molar-refractivity contribution in [3.05, 3.63) is 54.0 Å². The van der Waals surface area contributed by atoms with Gasteiger partial charge >= 0.3 is 0 Å². The van der Waals surface area contributed by atoms with Gasteiger partial charge in [-0.1, -0.05) is 5.16 Å². The van der Waals surface area contributed by atoms with Gasteiger partial charge in [0.15, 0.2) is 0 Å². The lowest BCUT2D eigenvalue weighted by Gasteiger charge is -2.35. The standard InChI is InChI=1S/C23H25N5O3/c1-2-30-19-8-5-17(6-9-19)23(29)28-13-11-27(12-14-28)20-10-7-18(15-24-20)21-25-22(31-26-21)16-3-4-16/h5-10,15-16H,2-4,11-14H2,1H3. The summed E-state index contributed by atoms with van der Waals surface area (Å²) in [6.45, 7) is 5.35. The summed E-state index contributed by atoms with van der Waals surface area (Å²) in [6, 6.07) is 11.3. The van der Waals surface area contributed by atoms with Crippen molar-refractivity contribution in [2.75, 3.05) is 37.7 Å². The molecule has 1 aliphatic heterocycles. The van der Waals surface area contributed by atoms with Gasteiger partial charge in [-0.25, -0.2) is 4.98 Å². The normalized spacial score (nSPS) is 16.4. The third kappa shape index (κ3) is 4.23. The van der Waals surface area contributed by atoms with E-state index in [1.54, 1.807) is 6.20 Å². The van der Waals surface area contributed by atoms with Crippen LogP contribution in [0.25, 0.3) is 11.4 Å². The maximum atomic E-state index is 12.8. The third-order valence-corrected chi connectivity index (χ3v) is 5.68. The number of nitrogens with zero attached hydrogens (tertiary/aromatic N) is 5. The first-order valence-corrected chi connectivity index (χ1v) is 10.8. The van der Waals surface area contributed by atoms with Crippen LogP contribution in [0.5, 0.6) is 5.75 Å². The molecule has 3 aromatic rings. The fraction of sp³-hybridized carbons (Fsp3) is 0.391. The molecule has 3 heterocycles. The zero-order chi connectivity index (χ0) is 21.2. The lowest BCUT2D eigenvalue weighted by atomic mass is 10.1. The minimum absolute atomic E-state index is 0.0505. The Morgan fingerprint density at radius 1 is 1.10 bits per heavy atom. The molecule has 2 aliphatic rings. The topological polar surface area (TPSA) is 84.6 Å². The van der Waals surface area contributed by atoms with Gasteiger partial charge in [-0.15, -0.1) is 0 Å². The van der Waals surface area contributed by atoms with E-state index >= 15 is 0 Å². The molecule has 0 atom stereocenters. The smallest absolute Gasteiger partial charge is 0.253 e. The van der Waals surface area contributed by atoms with Gasteiger partial charge in [0.2, 0.25) is 11.7 Å². The fourth-order valence-electron chi connectivity index (χ4n) is 3.74. The molecule has 0 radical (unpaired) electrons. The van der Waals surface area contributed by atoms with Crippen LogP contribution in [-0.4, -0.2) is 58.7 Å². The predicted octanol–water partition coefficient (Wildman–Crippen LogP) is 3.37. The summed E-state index contributed by atoms with van der Waals surface area (Å²) in [5.74, 6) is 3.48. The molecular weight excluding hydrogens is 394 g/mol. The second-order valence-electron chi connectivity index (χ2n) is 7.87. The van der Waals surface area contributed by atoms with E-state index in [1.807, 2.05) is 48.2 Å². The van der Waals surface area contributed by atoms with Crippen LogP contribution >= 0.6 is 0 Å². The van der Waals surface area contributed by atoms with Gasteiger partial charge in [0, 0.05) is 49.4 Å². The molecule has 31 heavy (non-hydrogen) atoms. The molecule has 0 spiro atoms. The molecule has 0 N–H and O–H groups in total. The highest BCUT2D eigenvalue weighted by molar-refractivity contribution is 5.94. The van der Waals surface area contributed by atoms with E-state index < -0.39 is 0 Å². The Labute approximate surface area is 180 Å². The first kappa shape index (κ1) is 19.5. The van der Waals surface area contributed by atoms with Crippen molar-refractivity contribution in [1.29, 1.82) is 0 Å². The van der Waals surface area contributed by atoms with Crippen LogP contribution in [0.4, 0.5) is 5.82 Å². The Morgan fingerprint density at radius 3 is 2.52 bits per heavy atom. The minimum atomic E-state index is 0.0505. The monoisotopic (exact) mass is 419 g/mol. The van der Waals surface area contributed by atoms with Crippen molar-refractivity contribution in [2.24, 2.45) is 0 Å². The number of hydrogen-bond donors (Lipinski definition) is 0. The van der Waals surface area contributed by atoms with Crippen molar-refractivity contribution in [1.82, 2.24) is 20.0 Å². The number of benzene rings is 1. The van der Waals surface area contributed by atoms with Gasteiger partial charge in [0.25, 0.3) is 5.91 Å². The van der Waals surface area contributed by atoms with E-state index in [9.17, 15) is 4.79 Å². The molecule has 1 saturated heterocycles. The van der Waals surface area contributed by atoms with Crippen LogP contribution < -0.4 is 9.64 Å². The Hall–Kier alpha value is -3.42. The number of carbonyl (C=O) groups excluding carboxylic acids is 1. The van der Waals surface area contributed by atoms with Crippen LogP contribution in [-0.2, 0) is 0 Å². The highest BCUT2D eigenvalue weighted by Crippen LogP contribution is 2.39. The van der Waals surface area contributed by atoms with Crippen molar-refractivity contribution in [2.45, 2.75) is 25.7 Å². The number of hydrogen-bond acceptors (Lipinski definition) is 7. The second kappa shape index (κ2) is 8.37. The average molecular weight is 419 g/mol. The number of rotatable bonds is 6. The molecule has 1 aliphatic carbocycles. The van der Waals surface area contributed by atoms with E-state index in [2.05, 4.69) is 20.0 Å². The summed E-state index contributed by atoms with van der Waals surface area (Å²) in [6.07, 6.45) is 4.05. The number of piperazine rings is 1. The molecule has 2 aromatic heterocycles. The Morgan fingerprint density at radius 2 is 1.87 bits per heavy atom. The summed E-state index contributed by atoms with van der Waals surface area (Å²) < 4.78 is 10.8. The highest BCUT2D eigenvalue weighted by atomic mass is 16.5. The molecule has 1 aromatic carbocycles. The maximum Gasteiger partial charge on any atom is 0.253 e. The molecule has 1 amide bonds. The number of carbonyl (C=O) groups is 1. The first-order chi connectivity index (χ1) is 15.2. The van der Waals surface area contributed by atoms with Crippen LogP contribution in [0, 0.1) is 0 Å². The molecule has 0 unspecified atom stereocenters. The second-order valence-corrected chi connectivity index (χ2v) is 7.87. The number of ether oxygens (including phenoxy) is 1. The van der Waals surface area contributed by atoms with Gasteiger partial charge in [0.05, 0.1) is 6.61 Å². The Bertz CT molecular complexity index is 1040. The number of amides is 1. The highest BCUT2D eigenvalue weighted by Gasteiger charge is 2.30. The van der Waals surface area contributed by atoms with Crippen LogP contribution in [0.1, 0.15) is 41.9 Å². The molecule has 1 saturated carbocycles. The minimum Gasteiger partial charge on any atom is -0.494 e. The van der Waals surface area contributed by atoms with E-state index in [0.717, 1.165) is 49.0 Å². The van der Waals surface area contributed by atoms with Crippen molar-refractivity contribution in [3.63, 3.8) is 0 Å². The van der Waals surface area contributed by atoms with E-state index in [-0.39, 0.29) is 5.91 Å². The molecule has 8 heteroatoms. The third-order valence-electron chi connectivity index (χ3n) is 5.68. The lowest BCUT2D eigenvalue weighted by Crippen LogP contribution is -2.49. The molecule has 0 bridgehead atoms. The van der Waals surface area contributed by atoms with Gasteiger partial charge in [0.1, 0.15) is 11.6 Å². The van der Waals surface area contributed by atoms with Crippen molar-refractivity contribution >= 4 is 11.7 Å². The van der Waals surface area contributed by atoms with Crippen LogP contribution in [0.3, 0.4) is 0 Å². The number of aromatic nitrogens is 3. The van der Waals surface area contributed by atoms with Gasteiger partial charge in [-0.2, -0.15) is 4.98 Å². The quantitative estimate of drug-likeness (QED) is 0.606. The number of pyridine rings is 1. The average Bonchev–Trinajstić information content (AvgIpc) is 3.56. The zero-order valence-electron chi connectivity index (χ0n) is 17.5. The number of anilines is 1. The summed E-state index contributed by atoms with van der Waals surface area (Å²) >= 11 is 0. The van der Waals surface area contributed by atoms with Gasteiger partial charge in [-0.05, 0) is 56.2 Å². The molecule has 160 valence electrons. The molecular formula is C23H25N5O3. The molecule has 2 fully saturated rings. The van der Waals surface area contributed by atoms with E-state index in [1.165, 1.54) is 0 Å². The molecule has 8 nitrogen and oxygen atoms in total. The summed E-state index contributed by atoms with van der Waals surface area (Å²) in [4.78, 5) is 25.9. The van der Waals surface area contributed by atoms with E-state index in [4.69, 9.17) is 9.26 Å². The van der Waals surface area contributed by atoms with Crippen LogP contribution in [0.2, 0.25) is 0 Å². The van der Waals surface area contributed by atoms with Gasteiger partial charge in [-0.3, -0.25) is 4.79 Å². The Kier molecular flexibility index (Phi) is 5.28.